The minimum absolute atomic E-state index is 0.111. The first-order valence-corrected chi connectivity index (χ1v) is 7.48. The highest BCUT2D eigenvalue weighted by atomic mass is 35.5. The molecule has 0 radical (unpaired) electrons. The predicted octanol–water partition coefficient (Wildman–Crippen LogP) is 3.32. The summed E-state index contributed by atoms with van der Waals surface area (Å²) in [5.41, 5.74) is 2.50. The molecule has 0 spiro atoms. The lowest BCUT2D eigenvalue weighted by Crippen LogP contribution is -2.44. The van der Waals surface area contributed by atoms with Crippen LogP contribution in [-0.4, -0.2) is 34.3 Å². The number of nitrogens with zero attached hydrogens (tertiary/aromatic N) is 2. The first kappa shape index (κ1) is 14.3. The van der Waals surface area contributed by atoms with Gasteiger partial charge in [0.05, 0.1) is 11.3 Å². The van der Waals surface area contributed by atoms with Crippen molar-refractivity contribution in [3.8, 4) is 0 Å². The molecule has 1 saturated heterocycles. The van der Waals surface area contributed by atoms with E-state index in [0.717, 1.165) is 42.8 Å². The van der Waals surface area contributed by atoms with Crippen molar-refractivity contribution < 1.29 is 4.79 Å². The van der Waals surface area contributed by atoms with Crippen LogP contribution in [0.3, 0.4) is 0 Å². The smallest absolute Gasteiger partial charge is 0.255 e. The summed E-state index contributed by atoms with van der Waals surface area (Å²) < 4.78 is 0. The van der Waals surface area contributed by atoms with Crippen molar-refractivity contribution in [1.82, 2.24) is 9.88 Å². The number of carbonyl (C=O) groups excluding carboxylic acids is 1. The number of aryl methyl sites for hydroxylation is 2. The number of aromatic nitrogens is 1. The Kier molecular flexibility index (Phi) is 4.81. The second-order valence-corrected chi connectivity index (χ2v) is 5.59. The minimum atomic E-state index is 0.111. The zero-order chi connectivity index (χ0) is 13.8. The summed E-state index contributed by atoms with van der Waals surface area (Å²) in [7, 11) is 0. The van der Waals surface area contributed by atoms with Gasteiger partial charge in [-0.05, 0) is 51.7 Å². The molecule has 4 heteroatoms. The maximum Gasteiger partial charge on any atom is 0.255 e. The first-order chi connectivity index (χ1) is 9.13. The minimum Gasteiger partial charge on any atom is -0.336 e. The van der Waals surface area contributed by atoms with Crippen LogP contribution in [0.5, 0.6) is 0 Å². The molecular weight excluding hydrogens is 260 g/mol. The number of carbonyl (C=O) groups is 1. The summed E-state index contributed by atoms with van der Waals surface area (Å²) in [6.45, 7) is 4.69. The first-order valence-electron chi connectivity index (χ1n) is 6.94. The van der Waals surface area contributed by atoms with Crippen LogP contribution in [0.25, 0.3) is 0 Å². The predicted molar refractivity (Wildman–Crippen MR) is 77.7 cm³/mol. The van der Waals surface area contributed by atoms with Crippen molar-refractivity contribution in [1.29, 1.82) is 0 Å². The van der Waals surface area contributed by atoms with Gasteiger partial charge in [-0.25, -0.2) is 0 Å². The number of amides is 1. The topological polar surface area (TPSA) is 33.2 Å². The Balaban J connectivity index is 2.21. The second kappa shape index (κ2) is 6.38. The molecule has 0 aliphatic carbocycles. The van der Waals surface area contributed by atoms with Gasteiger partial charge in [-0.1, -0.05) is 0 Å². The molecule has 1 unspecified atom stereocenters. The quantitative estimate of drug-likeness (QED) is 0.796. The third-order valence-electron chi connectivity index (χ3n) is 3.79. The molecule has 0 N–H and O–H groups in total. The molecule has 0 saturated carbocycles. The van der Waals surface area contributed by atoms with Crippen molar-refractivity contribution in [2.45, 2.75) is 45.6 Å². The molecule has 1 aliphatic rings. The molecule has 2 heterocycles. The van der Waals surface area contributed by atoms with Gasteiger partial charge in [0, 0.05) is 24.2 Å². The van der Waals surface area contributed by atoms with E-state index in [-0.39, 0.29) is 5.91 Å². The Bertz CT molecular complexity index is 459. The highest BCUT2D eigenvalue weighted by Gasteiger charge is 2.27. The van der Waals surface area contributed by atoms with Gasteiger partial charge in [-0.3, -0.25) is 9.78 Å². The maximum absolute atomic E-state index is 12.7. The molecule has 1 atom stereocenters. The Hall–Kier alpha value is -1.09. The number of halogens is 1. The number of rotatable bonds is 3. The molecule has 0 bridgehead atoms. The van der Waals surface area contributed by atoms with Gasteiger partial charge in [0.15, 0.2) is 0 Å². The molecule has 1 fully saturated rings. The number of hydrogen-bond acceptors (Lipinski definition) is 2. The van der Waals surface area contributed by atoms with Crippen LogP contribution in [0.4, 0.5) is 0 Å². The molecule has 1 aromatic rings. The number of alkyl halides is 1. The fourth-order valence-electron chi connectivity index (χ4n) is 2.76. The molecular formula is C15H21ClN2O. The van der Waals surface area contributed by atoms with Gasteiger partial charge in [0.2, 0.25) is 0 Å². The van der Waals surface area contributed by atoms with E-state index in [4.69, 9.17) is 11.6 Å². The molecule has 1 amide bonds. The number of hydrogen-bond donors (Lipinski definition) is 0. The van der Waals surface area contributed by atoms with Crippen molar-refractivity contribution in [3.63, 3.8) is 0 Å². The van der Waals surface area contributed by atoms with E-state index in [1.54, 1.807) is 0 Å². The van der Waals surface area contributed by atoms with Crippen LogP contribution in [0.1, 0.15) is 47.4 Å². The highest BCUT2D eigenvalue weighted by molar-refractivity contribution is 6.17. The van der Waals surface area contributed by atoms with Crippen molar-refractivity contribution in [2.24, 2.45) is 0 Å². The van der Waals surface area contributed by atoms with E-state index in [2.05, 4.69) is 4.98 Å². The normalized spacial score (nSPS) is 19.5. The monoisotopic (exact) mass is 280 g/mol. The van der Waals surface area contributed by atoms with Crippen LogP contribution in [0, 0.1) is 13.8 Å². The van der Waals surface area contributed by atoms with E-state index in [9.17, 15) is 4.79 Å². The number of piperidine rings is 1. The third kappa shape index (κ3) is 3.27. The number of pyridine rings is 1. The molecule has 1 aromatic heterocycles. The summed E-state index contributed by atoms with van der Waals surface area (Å²) >= 11 is 5.85. The average Bonchev–Trinajstić information content (AvgIpc) is 2.39. The zero-order valence-corrected chi connectivity index (χ0v) is 12.4. The molecule has 0 aromatic carbocycles. The molecule has 3 nitrogen and oxygen atoms in total. The van der Waals surface area contributed by atoms with Crippen LogP contribution in [0.2, 0.25) is 0 Å². The van der Waals surface area contributed by atoms with Gasteiger partial charge in [0.1, 0.15) is 0 Å². The fraction of sp³-hybridized carbons (Fsp3) is 0.600. The lowest BCUT2D eigenvalue weighted by atomic mass is 9.98. The Morgan fingerprint density at radius 3 is 2.89 bits per heavy atom. The van der Waals surface area contributed by atoms with E-state index in [0.29, 0.717) is 11.9 Å². The summed E-state index contributed by atoms with van der Waals surface area (Å²) in [4.78, 5) is 19.0. The van der Waals surface area contributed by atoms with Crippen molar-refractivity contribution in [3.05, 3.63) is 29.1 Å². The molecule has 19 heavy (non-hydrogen) atoms. The van der Waals surface area contributed by atoms with Gasteiger partial charge in [0.25, 0.3) is 5.91 Å². The van der Waals surface area contributed by atoms with E-state index >= 15 is 0 Å². The summed E-state index contributed by atoms with van der Waals surface area (Å²) in [6.07, 6.45) is 4.22. The standard InChI is InChI=1S/C15H21ClN2O/c1-11-6-7-14(12(2)17-11)15(19)18-10-4-3-5-13(18)8-9-16/h6-7,13H,3-5,8-10H2,1-2H3. The van der Waals surface area contributed by atoms with Crippen molar-refractivity contribution in [2.75, 3.05) is 12.4 Å². The summed E-state index contributed by atoms with van der Waals surface area (Å²) in [6, 6.07) is 4.09. The lowest BCUT2D eigenvalue weighted by molar-refractivity contribution is 0.0608. The van der Waals surface area contributed by atoms with Crippen LogP contribution in [-0.2, 0) is 0 Å². The van der Waals surface area contributed by atoms with Crippen LogP contribution >= 0.6 is 11.6 Å². The fourth-order valence-corrected chi connectivity index (χ4v) is 3.01. The number of likely N-dealkylation sites (tertiary alicyclic amines) is 1. The summed E-state index contributed by atoms with van der Waals surface area (Å²) in [5, 5.41) is 0. The maximum atomic E-state index is 12.7. The Labute approximate surface area is 120 Å². The van der Waals surface area contributed by atoms with Crippen LogP contribution < -0.4 is 0 Å². The third-order valence-corrected chi connectivity index (χ3v) is 4.00. The van der Waals surface area contributed by atoms with Crippen molar-refractivity contribution >= 4 is 17.5 Å². The summed E-state index contributed by atoms with van der Waals surface area (Å²) in [5.74, 6) is 0.722. The zero-order valence-electron chi connectivity index (χ0n) is 11.7. The average molecular weight is 281 g/mol. The molecule has 2 rings (SSSR count). The Morgan fingerprint density at radius 2 is 2.21 bits per heavy atom. The SMILES string of the molecule is Cc1ccc(C(=O)N2CCCCC2CCCl)c(C)n1. The second-order valence-electron chi connectivity index (χ2n) is 5.21. The van der Waals surface area contributed by atoms with E-state index < -0.39 is 0 Å². The van der Waals surface area contributed by atoms with Gasteiger partial charge in [-0.15, -0.1) is 11.6 Å². The lowest BCUT2D eigenvalue weighted by Gasteiger charge is -2.35. The van der Waals surface area contributed by atoms with E-state index in [1.807, 2.05) is 30.9 Å². The van der Waals surface area contributed by atoms with Gasteiger partial charge >= 0.3 is 0 Å². The molecule has 104 valence electrons. The highest BCUT2D eigenvalue weighted by Crippen LogP contribution is 2.23. The van der Waals surface area contributed by atoms with Crippen LogP contribution in [0.15, 0.2) is 12.1 Å². The van der Waals surface area contributed by atoms with Gasteiger partial charge < -0.3 is 4.90 Å². The van der Waals surface area contributed by atoms with Gasteiger partial charge in [-0.2, -0.15) is 0 Å². The molecule has 1 aliphatic heterocycles. The Morgan fingerprint density at radius 1 is 1.42 bits per heavy atom. The van der Waals surface area contributed by atoms with E-state index in [1.165, 1.54) is 6.42 Å². The largest absolute Gasteiger partial charge is 0.336 e.